The molecule has 2 nitrogen and oxygen atoms in total. The molecule has 1 N–H and O–H groups in total. The van der Waals surface area contributed by atoms with Crippen LogP contribution in [0.1, 0.15) is 37.7 Å². The summed E-state index contributed by atoms with van der Waals surface area (Å²) in [5.74, 6) is -1.97. The second-order valence-corrected chi connectivity index (χ2v) is 5.61. The first-order chi connectivity index (χ1) is 9.06. The Hall–Kier alpha value is -1.16. The number of benzene rings is 1. The molecule has 1 aromatic rings. The quantitative estimate of drug-likeness (QED) is 0.901. The highest BCUT2D eigenvalue weighted by molar-refractivity contribution is 5.29. The lowest BCUT2D eigenvalue weighted by molar-refractivity contribution is 0.227. The normalized spacial score (nSPS) is 17.1. The Bertz CT molecular complexity index is 407. The minimum atomic E-state index is -0.890. The van der Waals surface area contributed by atoms with E-state index in [1.165, 1.54) is 44.2 Å². The van der Waals surface area contributed by atoms with Gasteiger partial charge in [-0.2, -0.15) is 0 Å². The molecule has 4 heteroatoms. The highest BCUT2D eigenvalue weighted by atomic mass is 19.1. The molecular formula is C15H21F2NO. The highest BCUT2D eigenvalue weighted by Gasteiger charge is 2.16. The van der Waals surface area contributed by atoms with E-state index >= 15 is 0 Å². The lowest BCUT2D eigenvalue weighted by Crippen LogP contribution is -2.26. The van der Waals surface area contributed by atoms with Gasteiger partial charge in [-0.25, -0.2) is 8.78 Å². The van der Waals surface area contributed by atoms with Gasteiger partial charge >= 0.3 is 0 Å². The van der Waals surface area contributed by atoms with Crippen molar-refractivity contribution in [3.63, 3.8) is 0 Å². The molecule has 1 aromatic carbocycles. The predicted molar refractivity (Wildman–Crippen MR) is 70.9 cm³/mol. The van der Waals surface area contributed by atoms with Crippen LogP contribution in [0.15, 0.2) is 12.1 Å². The van der Waals surface area contributed by atoms with Crippen LogP contribution in [-0.4, -0.2) is 23.6 Å². The molecule has 1 saturated carbocycles. The lowest BCUT2D eigenvalue weighted by atomic mass is 9.89. The van der Waals surface area contributed by atoms with E-state index in [0.29, 0.717) is 18.0 Å². The van der Waals surface area contributed by atoms with Crippen LogP contribution in [-0.2, 0) is 6.54 Å². The minimum Gasteiger partial charge on any atom is -0.503 e. The van der Waals surface area contributed by atoms with Crippen LogP contribution in [0.5, 0.6) is 5.75 Å². The lowest BCUT2D eigenvalue weighted by Gasteiger charge is -2.27. The summed E-state index contributed by atoms with van der Waals surface area (Å²) in [5.41, 5.74) is 0.561. The minimum absolute atomic E-state index is 0.505. The first-order valence-electron chi connectivity index (χ1n) is 6.91. The summed E-state index contributed by atoms with van der Waals surface area (Å²) in [6.45, 7) is 1.47. The van der Waals surface area contributed by atoms with Crippen molar-refractivity contribution < 1.29 is 13.9 Å². The van der Waals surface area contributed by atoms with Crippen molar-refractivity contribution in [2.45, 2.75) is 38.6 Å². The summed E-state index contributed by atoms with van der Waals surface area (Å²) in [5, 5.41) is 9.06. The van der Waals surface area contributed by atoms with Crippen molar-refractivity contribution in [3.05, 3.63) is 29.3 Å². The van der Waals surface area contributed by atoms with Crippen LogP contribution in [0.3, 0.4) is 0 Å². The van der Waals surface area contributed by atoms with Crippen LogP contribution < -0.4 is 0 Å². The standard InChI is InChI=1S/C15H21F2NO/c1-18(9-11-5-3-2-4-6-11)10-12-7-13(16)15(19)14(17)8-12/h7-8,11,19H,2-6,9-10H2,1H3. The molecule has 1 aliphatic rings. The summed E-state index contributed by atoms with van der Waals surface area (Å²) in [7, 11) is 1.97. The van der Waals surface area contributed by atoms with Crippen LogP contribution in [0.4, 0.5) is 8.78 Å². The molecule has 0 unspecified atom stereocenters. The van der Waals surface area contributed by atoms with Crippen LogP contribution in [0, 0.1) is 17.6 Å². The van der Waals surface area contributed by atoms with Crippen molar-refractivity contribution >= 4 is 0 Å². The van der Waals surface area contributed by atoms with E-state index in [1.807, 2.05) is 7.05 Å². The zero-order valence-corrected chi connectivity index (χ0v) is 11.3. The maximum Gasteiger partial charge on any atom is 0.187 e. The summed E-state index contributed by atoms with van der Waals surface area (Å²) < 4.78 is 26.5. The van der Waals surface area contributed by atoms with Gasteiger partial charge < -0.3 is 10.0 Å². The van der Waals surface area contributed by atoms with Crippen LogP contribution in [0.2, 0.25) is 0 Å². The molecule has 0 aliphatic heterocycles. The number of aromatic hydroxyl groups is 1. The molecule has 0 bridgehead atoms. The Balaban J connectivity index is 1.92. The zero-order chi connectivity index (χ0) is 13.8. The SMILES string of the molecule is CN(Cc1cc(F)c(O)c(F)c1)CC1CCCCC1. The second kappa shape index (κ2) is 6.33. The predicted octanol–water partition coefficient (Wildman–Crippen LogP) is 3.68. The van der Waals surface area contributed by atoms with Gasteiger partial charge in [-0.3, -0.25) is 0 Å². The second-order valence-electron chi connectivity index (χ2n) is 5.61. The van der Waals surface area contributed by atoms with Gasteiger partial charge in [-0.1, -0.05) is 19.3 Å². The van der Waals surface area contributed by atoms with Gasteiger partial charge in [0.15, 0.2) is 17.4 Å². The largest absolute Gasteiger partial charge is 0.503 e. The fourth-order valence-electron chi connectivity index (χ4n) is 2.90. The van der Waals surface area contributed by atoms with E-state index in [-0.39, 0.29) is 0 Å². The molecule has 0 aromatic heterocycles. The van der Waals surface area contributed by atoms with E-state index in [2.05, 4.69) is 4.90 Å². The Morgan fingerprint density at radius 3 is 2.32 bits per heavy atom. The van der Waals surface area contributed by atoms with E-state index in [0.717, 1.165) is 6.54 Å². The topological polar surface area (TPSA) is 23.5 Å². The van der Waals surface area contributed by atoms with Gasteiger partial charge in [0.2, 0.25) is 0 Å². The molecule has 0 saturated heterocycles. The van der Waals surface area contributed by atoms with E-state index in [4.69, 9.17) is 5.11 Å². The van der Waals surface area contributed by atoms with Crippen molar-refractivity contribution in [2.24, 2.45) is 5.92 Å². The fraction of sp³-hybridized carbons (Fsp3) is 0.600. The smallest absolute Gasteiger partial charge is 0.187 e. The van der Waals surface area contributed by atoms with Crippen molar-refractivity contribution in [2.75, 3.05) is 13.6 Å². The molecule has 0 radical (unpaired) electrons. The van der Waals surface area contributed by atoms with Crippen LogP contribution >= 0.6 is 0 Å². The van der Waals surface area contributed by atoms with E-state index in [1.54, 1.807) is 0 Å². The van der Waals surface area contributed by atoms with Gasteiger partial charge in [-0.05, 0) is 43.5 Å². The van der Waals surface area contributed by atoms with Gasteiger partial charge in [0.05, 0.1) is 0 Å². The van der Waals surface area contributed by atoms with Crippen LogP contribution in [0.25, 0.3) is 0 Å². The average Bonchev–Trinajstić information content (AvgIpc) is 2.37. The summed E-state index contributed by atoms with van der Waals surface area (Å²) in [6.07, 6.45) is 6.42. The maximum absolute atomic E-state index is 13.2. The third kappa shape index (κ3) is 3.90. The first kappa shape index (κ1) is 14.3. The Morgan fingerprint density at radius 1 is 1.16 bits per heavy atom. The summed E-state index contributed by atoms with van der Waals surface area (Å²) >= 11 is 0. The fourth-order valence-corrected chi connectivity index (χ4v) is 2.90. The van der Waals surface area contributed by atoms with E-state index in [9.17, 15) is 8.78 Å². The van der Waals surface area contributed by atoms with Crippen molar-refractivity contribution in [1.82, 2.24) is 4.90 Å². The zero-order valence-electron chi connectivity index (χ0n) is 11.3. The molecule has 1 aliphatic carbocycles. The molecule has 19 heavy (non-hydrogen) atoms. The number of halogens is 2. The number of hydrogen-bond acceptors (Lipinski definition) is 2. The monoisotopic (exact) mass is 269 g/mol. The molecule has 0 amide bonds. The number of nitrogens with zero attached hydrogens (tertiary/aromatic N) is 1. The number of phenolic OH excluding ortho intramolecular Hbond substituents is 1. The molecule has 0 heterocycles. The Morgan fingerprint density at radius 2 is 1.74 bits per heavy atom. The van der Waals surface area contributed by atoms with Crippen molar-refractivity contribution in [3.8, 4) is 5.75 Å². The first-order valence-corrected chi connectivity index (χ1v) is 6.91. The highest BCUT2D eigenvalue weighted by Crippen LogP contribution is 2.25. The van der Waals surface area contributed by atoms with Gasteiger partial charge in [0.25, 0.3) is 0 Å². The molecular weight excluding hydrogens is 248 g/mol. The number of rotatable bonds is 4. The van der Waals surface area contributed by atoms with Gasteiger partial charge in [0.1, 0.15) is 0 Å². The summed E-state index contributed by atoms with van der Waals surface area (Å²) in [6, 6.07) is 2.41. The number of phenols is 1. The Kier molecular flexibility index (Phi) is 4.75. The van der Waals surface area contributed by atoms with E-state index < -0.39 is 17.4 Å². The molecule has 106 valence electrons. The summed E-state index contributed by atoms with van der Waals surface area (Å²) in [4.78, 5) is 2.10. The molecule has 0 atom stereocenters. The van der Waals surface area contributed by atoms with Crippen molar-refractivity contribution in [1.29, 1.82) is 0 Å². The average molecular weight is 269 g/mol. The van der Waals surface area contributed by atoms with Gasteiger partial charge in [0, 0.05) is 13.1 Å². The number of hydrogen-bond donors (Lipinski definition) is 1. The third-order valence-corrected chi connectivity index (χ3v) is 3.82. The third-order valence-electron chi connectivity index (χ3n) is 3.82. The maximum atomic E-state index is 13.2. The molecule has 1 fully saturated rings. The molecule has 2 rings (SSSR count). The molecule has 0 spiro atoms. The Labute approximate surface area is 113 Å². The van der Waals surface area contributed by atoms with Gasteiger partial charge in [-0.15, -0.1) is 0 Å².